The minimum atomic E-state index is -0.647. The molecular weight excluding hydrogens is 430 g/mol. The average Bonchev–Trinajstić information content (AvgIpc) is 3.31. The van der Waals surface area contributed by atoms with Crippen molar-refractivity contribution >= 4 is 40.3 Å². The van der Waals surface area contributed by atoms with E-state index in [1.54, 1.807) is 29.0 Å². The Kier molecular flexibility index (Phi) is 5.63. The van der Waals surface area contributed by atoms with Gasteiger partial charge in [0.05, 0.1) is 28.4 Å². The number of anilines is 1. The lowest BCUT2D eigenvalue weighted by molar-refractivity contribution is -0.131. The van der Waals surface area contributed by atoms with Gasteiger partial charge in [-0.05, 0) is 31.1 Å². The normalized spacial score (nSPS) is 13.4. The number of amides is 2. The summed E-state index contributed by atoms with van der Waals surface area (Å²) in [5.41, 5.74) is 8.34. The molecule has 0 atom stereocenters. The molecule has 2 aromatic heterocycles. The fraction of sp³-hybridized carbons (Fsp3) is 0.273. The first kappa shape index (κ1) is 21.5. The number of nitrogens with zero attached hydrogens (tertiary/aromatic N) is 5. The van der Waals surface area contributed by atoms with E-state index in [1.165, 1.54) is 6.08 Å². The minimum absolute atomic E-state index is 0.104. The minimum Gasteiger partial charge on any atom is -0.373 e. The van der Waals surface area contributed by atoms with Gasteiger partial charge in [0.15, 0.2) is 5.69 Å². The third kappa shape index (κ3) is 3.59. The van der Waals surface area contributed by atoms with E-state index in [1.807, 2.05) is 17.6 Å². The first-order valence-electron chi connectivity index (χ1n) is 10.1. The maximum Gasteiger partial charge on any atom is 0.255 e. The first-order valence-corrected chi connectivity index (χ1v) is 10.4. The Morgan fingerprint density at radius 1 is 1.38 bits per heavy atom. The van der Waals surface area contributed by atoms with Crippen LogP contribution in [0.15, 0.2) is 31.1 Å². The van der Waals surface area contributed by atoms with Crippen LogP contribution in [0.3, 0.4) is 0 Å². The second-order valence-corrected chi connectivity index (χ2v) is 7.74. The fourth-order valence-corrected chi connectivity index (χ4v) is 3.94. The van der Waals surface area contributed by atoms with E-state index in [2.05, 4.69) is 33.8 Å². The molecule has 0 spiro atoms. The van der Waals surface area contributed by atoms with Gasteiger partial charge >= 0.3 is 0 Å². The highest BCUT2D eigenvalue weighted by molar-refractivity contribution is 6.32. The topological polar surface area (TPSA) is 111 Å². The number of aromatic nitrogens is 4. The molecule has 3 aromatic rings. The molecule has 1 saturated heterocycles. The van der Waals surface area contributed by atoms with Gasteiger partial charge < -0.3 is 20.5 Å². The lowest BCUT2D eigenvalue weighted by Crippen LogP contribution is -2.50. The van der Waals surface area contributed by atoms with Crippen LogP contribution in [0.2, 0.25) is 5.02 Å². The summed E-state index contributed by atoms with van der Waals surface area (Å²) in [5.74, 6) is 5.61. The van der Waals surface area contributed by atoms with Crippen molar-refractivity contribution in [2.45, 2.75) is 19.5 Å². The van der Waals surface area contributed by atoms with Crippen LogP contribution in [-0.2, 0) is 11.3 Å². The van der Waals surface area contributed by atoms with Crippen molar-refractivity contribution in [1.29, 1.82) is 0 Å². The molecule has 1 fully saturated rings. The Balaban J connectivity index is 1.72. The molecule has 0 bridgehead atoms. The van der Waals surface area contributed by atoms with Crippen LogP contribution in [0.5, 0.6) is 0 Å². The summed E-state index contributed by atoms with van der Waals surface area (Å²) in [6, 6.07) is 3.53. The van der Waals surface area contributed by atoms with Gasteiger partial charge in [0.25, 0.3) is 5.91 Å². The zero-order valence-corrected chi connectivity index (χ0v) is 18.5. The summed E-state index contributed by atoms with van der Waals surface area (Å²) in [6.07, 6.45) is 3.03. The van der Waals surface area contributed by atoms with E-state index < -0.39 is 5.91 Å². The number of likely N-dealkylation sites (tertiary alicyclic amines) is 1. The van der Waals surface area contributed by atoms with Crippen molar-refractivity contribution < 1.29 is 9.59 Å². The number of halogens is 1. The summed E-state index contributed by atoms with van der Waals surface area (Å²) < 4.78 is 3.65. The summed E-state index contributed by atoms with van der Waals surface area (Å²) >= 11 is 6.44. The molecule has 1 aromatic carbocycles. The Morgan fingerprint density at radius 3 is 2.75 bits per heavy atom. The van der Waals surface area contributed by atoms with E-state index in [4.69, 9.17) is 17.3 Å². The number of nitrogens with two attached hydrogens (primary N) is 1. The standard InChI is InChI=1S/C22H22ClN7O2/c1-4-19(31)29-10-14(11-29)30-22(25-3)20(21(24)32)16(27-30)7-6-13-8-17-18(9-15(13)23)28(5-2)12-26-17/h4,8-9,12,14,25H,1,5,10-11H2,2-3H3,(H2,24,32). The SMILES string of the molecule is C=CC(=O)N1CC(n2nc(C#Cc3cc4ncn(CC)c4cc3Cl)c(C(N)=O)c2NC)C1. The van der Waals surface area contributed by atoms with E-state index in [0.29, 0.717) is 29.5 Å². The molecule has 164 valence electrons. The molecule has 0 aliphatic carbocycles. The number of hydrogen-bond acceptors (Lipinski definition) is 5. The zero-order chi connectivity index (χ0) is 23.0. The number of aryl methyl sites for hydroxylation is 1. The maximum absolute atomic E-state index is 12.2. The molecule has 3 heterocycles. The van der Waals surface area contributed by atoms with Crippen molar-refractivity contribution in [1.82, 2.24) is 24.2 Å². The Labute approximate surface area is 189 Å². The van der Waals surface area contributed by atoms with Crippen LogP contribution in [-0.4, -0.2) is 56.2 Å². The third-order valence-electron chi connectivity index (χ3n) is 5.45. The van der Waals surface area contributed by atoms with E-state index >= 15 is 0 Å². The second kappa shape index (κ2) is 8.40. The summed E-state index contributed by atoms with van der Waals surface area (Å²) in [6.45, 7) is 7.21. The monoisotopic (exact) mass is 451 g/mol. The molecule has 0 saturated carbocycles. The molecule has 1 aliphatic heterocycles. The number of benzene rings is 1. The lowest BCUT2D eigenvalue weighted by Gasteiger charge is -2.39. The predicted octanol–water partition coefficient (Wildman–Crippen LogP) is 2.02. The van der Waals surface area contributed by atoms with E-state index in [9.17, 15) is 9.59 Å². The molecule has 32 heavy (non-hydrogen) atoms. The van der Waals surface area contributed by atoms with Gasteiger partial charge in [-0.3, -0.25) is 9.59 Å². The van der Waals surface area contributed by atoms with E-state index in [-0.39, 0.29) is 23.2 Å². The van der Waals surface area contributed by atoms with Gasteiger partial charge in [-0.2, -0.15) is 5.10 Å². The van der Waals surface area contributed by atoms with Crippen molar-refractivity contribution in [2.75, 3.05) is 25.5 Å². The van der Waals surface area contributed by atoms with Crippen LogP contribution < -0.4 is 11.1 Å². The Morgan fingerprint density at radius 2 is 2.12 bits per heavy atom. The van der Waals surface area contributed by atoms with Gasteiger partial charge in [-0.1, -0.05) is 24.1 Å². The summed E-state index contributed by atoms with van der Waals surface area (Å²) in [7, 11) is 1.68. The molecule has 0 unspecified atom stereocenters. The number of fused-ring (bicyclic) bond motifs is 1. The number of rotatable bonds is 5. The molecule has 3 N–H and O–H groups in total. The molecular formula is C22H22ClN7O2. The molecule has 4 rings (SSSR count). The van der Waals surface area contributed by atoms with Gasteiger partial charge in [0.1, 0.15) is 11.4 Å². The summed E-state index contributed by atoms with van der Waals surface area (Å²) in [5, 5.41) is 7.99. The number of nitrogens with one attached hydrogen (secondary N) is 1. The molecule has 10 heteroatoms. The largest absolute Gasteiger partial charge is 0.373 e. The second-order valence-electron chi connectivity index (χ2n) is 7.33. The van der Waals surface area contributed by atoms with Gasteiger partial charge in [0, 0.05) is 32.2 Å². The number of imidazole rings is 1. The first-order chi connectivity index (χ1) is 15.4. The van der Waals surface area contributed by atoms with Gasteiger partial charge in [-0.25, -0.2) is 9.67 Å². The van der Waals surface area contributed by atoms with Crippen molar-refractivity contribution in [3.63, 3.8) is 0 Å². The van der Waals surface area contributed by atoms with Gasteiger partial charge in [0.2, 0.25) is 5.91 Å². The fourth-order valence-electron chi connectivity index (χ4n) is 3.73. The quantitative estimate of drug-likeness (QED) is 0.455. The number of carbonyl (C=O) groups excluding carboxylic acids is 2. The molecule has 9 nitrogen and oxygen atoms in total. The number of hydrogen-bond donors (Lipinski definition) is 2. The summed E-state index contributed by atoms with van der Waals surface area (Å²) in [4.78, 5) is 30.0. The zero-order valence-electron chi connectivity index (χ0n) is 17.7. The highest BCUT2D eigenvalue weighted by atomic mass is 35.5. The maximum atomic E-state index is 12.2. The van der Waals surface area contributed by atoms with E-state index in [0.717, 1.165) is 17.6 Å². The Bertz CT molecular complexity index is 1310. The number of carbonyl (C=O) groups is 2. The molecule has 1 aliphatic rings. The van der Waals surface area contributed by atoms with Gasteiger partial charge in [-0.15, -0.1) is 0 Å². The van der Waals surface area contributed by atoms with Crippen LogP contribution >= 0.6 is 11.6 Å². The average molecular weight is 452 g/mol. The van der Waals surface area contributed by atoms with Crippen LogP contribution in [0.4, 0.5) is 5.82 Å². The Hall–Kier alpha value is -3.77. The lowest BCUT2D eigenvalue weighted by atomic mass is 10.1. The smallest absolute Gasteiger partial charge is 0.255 e. The van der Waals surface area contributed by atoms with Crippen molar-refractivity contribution in [2.24, 2.45) is 5.73 Å². The van der Waals surface area contributed by atoms with Crippen LogP contribution in [0.25, 0.3) is 11.0 Å². The number of primary amides is 1. The van der Waals surface area contributed by atoms with Crippen LogP contribution in [0, 0.1) is 11.8 Å². The highest BCUT2D eigenvalue weighted by Gasteiger charge is 2.34. The molecule has 2 amide bonds. The highest BCUT2D eigenvalue weighted by Crippen LogP contribution is 2.29. The third-order valence-corrected chi connectivity index (χ3v) is 5.77. The van der Waals surface area contributed by atoms with Crippen molar-refractivity contribution in [3.8, 4) is 11.8 Å². The van der Waals surface area contributed by atoms with Crippen LogP contribution in [0.1, 0.15) is 34.6 Å². The molecule has 0 radical (unpaired) electrons. The van der Waals surface area contributed by atoms with Crippen molar-refractivity contribution in [3.05, 3.63) is 53.0 Å². The predicted molar refractivity (Wildman–Crippen MR) is 123 cm³/mol.